The van der Waals surface area contributed by atoms with Crippen LogP contribution in [0.15, 0.2) is 48.5 Å². The second-order valence-corrected chi connectivity index (χ2v) is 5.58. The maximum Gasteiger partial charge on any atom is 0.265 e. The third-order valence-corrected chi connectivity index (χ3v) is 3.44. The number of aryl methyl sites for hydroxylation is 1. The fourth-order valence-electron chi connectivity index (χ4n) is 2.17. The first-order valence-electron chi connectivity index (χ1n) is 7.89. The van der Waals surface area contributed by atoms with Crippen molar-refractivity contribution in [1.82, 2.24) is 0 Å². The Hall–Kier alpha value is -2.82. The molecule has 0 fully saturated rings. The van der Waals surface area contributed by atoms with Crippen molar-refractivity contribution in [2.24, 2.45) is 0 Å². The Balaban J connectivity index is 1.98. The van der Waals surface area contributed by atoms with E-state index < -0.39 is 6.10 Å². The number of hydrogen-bond donors (Lipinski definition) is 2. The number of benzene rings is 2. The van der Waals surface area contributed by atoms with E-state index in [1.54, 1.807) is 24.3 Å². The van der Waals surface area contributed by atoms with Gasteiger partial charge in [-0.05, 0) is 49.7 Å². The summed E-state index contributed by atoms with van der Waals surface area (Å²) in [7, 11) is 0. The van der Waals surface area contributed by atoms with E-state index in [4.69, 9.17) is 4.74 Å². The number of rotatable bonds is 6. The SMILES string of the molecule is CCC(Oc1ccc(C)cc1)C(=O)Nc1ccc(NC(C)=O)cc1. The molecule has 24 heavy (non-hydrogen) atoms. The summed E-state index contributed by atoms with van der Waals surface area (Å²) in [6.45, 7) is 5.35. The van der Waals surface area contributed by atoms with E-state index in [0.717, 1.165) is 5.56 Å². The number of ether oxygens (including phenoxy) is 1. The van der Waals surface area contributed by atoms with Crippen LogP contribution in [0.1, 0.15) is 25.8 Å². The molecule has 0 heterocycles. The van der Waals surface area contributed by atoms with Crippen LogP contribution in [0.3, 0.4) is 0 Å². The molecule has 0 aliphatic carbocycles. The minimum absolute atomic E-state index is 0.135. The van der Waals surface area contributed by atoms with Gasteiger partial charge in [0.05, 0.1) is 0 Å². The molecule has 0 radical (unpaired) electrons. The van der Waals surface area contributed by atoms with Crippen LogP contribution in [0.25, 0.3) is 0 Å². The highest BCUT2D eigenvalue weighted by molar-refractivity contribution is 5.95. The summed E-state index contributed by atoms with van der Waals surface area (Å²) in [5.41, 5.74) is 2.47. The largest absolute Gasteiger partial charge is 0.481 e. The summed E-state index contributed by atoms with van der Waals surface area (Å²) >= 11 is 0. The van der Waals surface area contributed by atoms with Crippen molar-refractivity contribution in [3.05, 3.63) is 54.1 Å². The Morgan fingerprint density at radius 1 is 0.958 bits per heavy atom. The normalized spacial score (nSPS) is 11.5. The van der Waals surface area contributed by atoms with E-state index in [1.807, 2.05) is 38.1 Å². The highest BCUT2D eigenvalue weighted by Crippen LogP contribution is 2.17. The highest BCUT2D eigenvalue weighted by Gasteiger charge is 2.18. The monoisotopic (exact) mass is 326 g/mol. The Morgan fingerprint density at radius 3 is 2.00 bits per heavy atom. The predicted molar refractivity (Wildman–Crippen MR) is 95.3 cm³/mol. The molecule has 2 aromatic rings. The Labute approximate surface area is 142 Å². The smallest absolute Gasteiger partial charge is 0.265 e. The average molecular weight is 326 g/mol. The summed E-state index contributed by atoms with van der Waals surface area (Å²) in [4.78, 5) is 23.4. The van der Waals surface area contributed by atoms with Crippen LogP contribution >= 0.6 is 0 Å². The Kier molecular flexibility index (Phi) is 5.95. The third kappa shape index (κ3) is 5.12. The first kappa shape index (κ1) is 17.5. The molecule has 126 valence electrons. The van der Waals surface area contributed by atoms with Gasteiger partial charge in [-0.15, -0.1) is 0 Å². The van der Waals surface area contributed by atoms with E-state index >= 15 is 0 Å². The van der Waals surface area contributed by atoms with E-state index in [2.05, 4.69) is 10.6 Å². The van der Waals surface area contributed by atoms with Crippen molar-refractivity contribution >= 4 is 23.2 Å². The molecule has 1 unspecified atom stereocenters. The zero-order valence-electron chi connectivity index (χ0n) is 14.1. The molecule has 2 aromatic carbocycles. The van der Waals surface area contributed by atoms with Crippen molar-refractivity contribution in [2.45, 2.75) is 33.3 Å². The molecule has 0 spiro atoms. The van der Waals surface area contributed by atoms with Crippen molar-refractivity contribution < 1.29 is 14.3 Å². The van der Waals surface area contributed by atoms with E-state index in [0.29, 0.717) is 23.5 Å². The number of carbonyl (C=O) groups is 2. The summed E-state index contributed by atoms with van der Waals surface area (Å²) < 4.78 is 5.76. The van der Waals surface area contributed by atoms with Gasteiger partial charge in [-0.1, -0.05) is 24.6 Å². The van der Waals surface area contributed by atoms with Crippen LogP contribution in [0, 0.1) is 6.92 Å². The number of hydrogen-bond acceptors (Lipinski definition) is 3. The maximum atomic E-state index is 12.4. The molecule has 0 aliphatic heterocycles. The fraction of sp³-hybridized carbons (Fsp3) is 0.263. The van der Waals surface area contributed by atoms with Gasteiger partial charge in [0.15, 0.2) is 6.10 Å². The van der Waals surface area contributed by atoms with E-state index in [9.17, 15) is 9.59 Å². The van der Waals surface area contributed by atoms with Gasteiger partial charge in [-0.3, -0.25) is 9.59 Å². The molecule has 5 nitrogen and oxygen atoms in total. The van der Waals surface area contributed by atoms with Crippen LogP contribution in [-0.2, 0) is 9.59 Å². The van der Waals surface area contributed by atoms with Gasteiger partial charge in [0.2, 0.25) is 5.91 Å². The Morgan fingerprint density at radius 2 is 1.50 bits per heavy atom. The number of nitrogens with one attached hydrogen (secondary N) is 2. The zero-order valence-corrected chi connectivity index (χ0v) is 14.1. The highest BCUT2D eigenvalue weighted by atomic mass is 16.5. The molecule has 2 rings (SSSR count). The third-order valence-electron chi connectivity index (χ3n) is 3.44. The summed E-state index contributed by atoms with van der Waals surface area (Å²) in [5, 5.41) is 5.51. The van der Waals surface area contributed by atoms with Gasteiger partial charge < -0.3 is 15.4 Å². The molecule has 0 saturated heterocycles. The summed E-state index contributed by atoms with van der Waals surface area (Å²) in [6, 6.07) is 14.5. The first-order chi connectivity index (χ1) is 11.5. The minimum Gasteiger partial charge on any atom is -0.481 e. The molecule has 0 saturated carbocycles. The Bertz CT molecular complexity index is 694. The van der Waals surface area contributed by atoms with Crippen LogP contribution in [0.5, 0.6) is 5.75 Å². The molecule has 5 heteroatoms. The van der Waals surface area contributed by atoms with Gasteiger partial charge in [0, 0.05) is 18.3 Å². The van der Waals surface area contributed by atoms with Crippen molar-refractivity contribution in [3.8, 4) is 5.75 Å². The predicted octanol–water partition coefficient (Wildman–Crippen LogP) is 3.75. The molecule has 0 aliphatic rings. The van der Waals surface area contributed by atoms with Crippen LogP contribution in [-0.4, -0.2) is 17.9 Å². The van der Waals surface area contributed by atoms with Crippen molar-refractivity contribution in [2.75, 3.05) is 10.6 Å². The van der Waals surface area contributed by atoms with Gasteiger partial charge in [-0.2, -0.15) is 0 Å². The van der Waals surface area contributed by atoms with Crippen molar-refractivity contribution in [1.29, 1.82) is 0 Å². The number of amides is 2. The van der Waals surface area contributed by atoms with Gasteiger partial charge in [0.25, 0.3) is 5.91 Å². The molecule has 2 N–H and O–H groups in total. The fourth-order valence-corrected chi connectivity index (χ4v) is 2.17. The second kappa shape index (κ2) is 8.15. The lowest BCUT2D eigenvalue weighted by Gasteiger charge is -2.17. The van der Waals surface area contributed by atoms with Crippen LogP contribution < -0.4 is 15.4 Å². The van der Waals surface area contributed by atoms with Crippen LogP contribution in [0.4, 0.5) is 11.4 Å². The second-order valence-electron chi connectivity index (χ2n) is 5.58. The number of anilines is 2. The average Bonchev–Trinajstić information content (AvgIpc) is 2.55. The quantitative estimate of drug-likeness (QED) is 0.849. The lowest BCUT2D eigenvalue weighted by molar-refractivity contribution is -0.122. The van der Waals surface area contributed by atoms with E-state index in [1.165, 1.54) is 6.92 Å². The van der Waals surface area contributed by atoms with Crippen LogP contribution in [0.2, 0.25) is 0 Å². The molecule has 0 aromatic heterocycles. The van der Waals surface area contributed by atoms with Crippen molar-refractivity contribution in [3.63, 3.8) is 0 Å². The van der Waals surface area contributed by atoms with Gasteiger partial charge in [0.1, 0.15) is 5.75 Å². The lowest BCUT2D eigenvalue weighted by atomic mass is 10.2. The number of carbonyl (C=O) groups excluding carboxylic acids is 2. The van der Waals surface area contributed by atoms with E-state index in [-0.39, 0.29) is 11.8 Å². The molecule has 1 atom stereocenters. The maximum absolute atomic E-state index is 12.4. The topological polar surface area (TPSA) is 67.4 Å². The minimum atomic E-state index is -0.567. The van der Waals surface area contributed by atoms with Gasteiger partial charge >= 0.3 is 0 Å². The summed E-state index contributed by atoms with van der Waals surface area (Å²) in [6.07, 6.45) is -0.00771. The molecule has 0 bridgehead atoms. The first-order valence-corrected chi connectivity index (χ1v) is 7.89. The zero-order chi connectivity index (χ0) is 17.5. The van der Waals surface area contributed by atoms with Gasteiger partial charge in [-0.25, -0.2) is 0 Å². The molecular formula is C19H22N2O3. The lowest BCUT2D eigenvalue weighted by Crippen LogP contribution is -2.32. The molecular weight excluding hydrogens is 304 g/mol. The summed E-state index contributed by atoms with van der Waals surface area (Å²) in [5.74, 6) is 0.332. The standard InChI is InChI=1S/C19H22N2O3/c1-4-18(24-17-11-5-13(2)6-12-17)19(23)21-16-9-7-15(8-10-16)20-14(3)22/h5-12,18H,4H2,1-3H3,(H,20,22)(H,21,23). The molecule has 2 amide bonds.